The van der Waals surface area contributed by atoms with Gasteiger partial charge in [0.05, 0.1) is 6.04 Å². The van der Waals surface area contributed by atoms with E-state index in [1.165, 1.54) is 0 Å². The first-order valence-electron chi connectivity index (χ1n) is 11.2. The fourth-order valence-electron chi connectivity index (χ4n) is 4.57. The van der Waals surface area contributed by atoms with Gasteiger partial charge in [0.2, 0.25) is 0 Å². The Morgan fingerprint density at radius 2 is 1.79 bits per heavy atom. The number of carboxylic acids is 1. The third kappa shape index (κ3) is 5.51. The van der Waals surface area contributed by atoms with Gasteiger partial charge in [-0.3, -0.25) is 15.0 Å². The minimum absolute atomic E-state index is 0.0369. The molecule has 4 N–H and O–H groups in total. The van der Waals surface area contributed by atoms with Gasteiger partial charge in [-0.25, -0.2) is 0 Å². The molecular weight excluding hydrogens is 422 g/mol. The summed E-state index contributed by atoms with van der Waals surface area (Å²) in [7, 11) is 0. The van der Waals surface area contributed by atoms with E-state index in [-0.39, 0.29) is 30.1 Å². The maximum absolute atomic E-state index is 12.9. The first-order chi connectivity index (χ1) is 15.9. The Bertz CT molecular complexity index is 1000. The number of likely N-dealkylation sites (tertiary alicyclic amines) is 1. The van der Waals surface area contributed by atoms with Crippen LogP contribution in [0.15, 0.2) is 48.5 Å². The van der Waals surface area contributed by atoms with E-state index in [2.05, 4.69) is 0 Å². The third-order valence-electron chi connectivity index (χ3n) is 6.28. The van der Waals surface area contributed by atoms with Crippen molar-refractivity contribution in [1.29, 1.82) is 5.41 Å². The van der Waals surface area contributed by atoms with Gasteiger partial charge in [0.15, 0.2) is 0 Å². The lowest BCUT2D eigenvalue weighted by molar-refractivity contribution is -0.143. The molecule has 33 heavy (non-hydrogen) atoms. The van der Waals surface area contributed by atoms with Gasteiger partial charge in [0.1, 0.15) is 24.3 Å². The topological polar surface area (TPSA) is 126 Å². The molecule has 1 amide bonds. The number of nitrogen functional groups attached to an aromatic ring is 1. The van der Waals surface area contributed by atoms with Crippen molar-refractivity contribution in [3.05, 3.63) is 54.1 Å². The van der Waals surface area contributed by atoms with E-state index in [9.17, 15) is 14.7 Å². The van der Waals surface area contributed by atoms with Crippen molar-refractivity contribution in [2.45, 2.75) is 37.8 Å². The van der Waals surface area contributed by atoms with Crippen LogP contribution >= 0.6 is 0 Å². The Morgan fingerprint density at radius 1 is 1.12 bits per heavy atom. The number of rotatable bonds is 8. The third-order valence-corrected chi connectivity index (χ3v) is 6.28. The highest BCUT2D eigenvalue weighted by atomic mass is 16.5. The van der Waals surface area contributed by atoms with Crippen molar-refractivity contribution in [3.63, 3.8) is 0 Å². The standard InChI is InChI=1S/C25H29N3O5/c26-24(27)19-5-3-17(4-6-19)18-7-9-21(10-8-18)33-15-20-12-16(13-23(29)30)14-28(20)25(31)22-2-1-11-32-22/h3-10,16,20,22H,1-2,11-15H2,(H3,26,27)(H,29,30)/t16-,20-,22?/m0/s1. The van der Waals surface area contributed by atoms with Crippen LogP contribution in [-0.2, 0) is 14.3 Å². The Labute approximate surface area is 192 Å². The first kappa shape index (κ1) is 22.8. The van der Waals surface area contributed by atoms with Gasteiger partial charge in [0.25, 0.3) is 5.91 Å². The molecular formula is C25H29N3O5. The van der Waals surface area contributed by atoms with Crippen LogP contribution < -0.4 is 10.5 Å². The molecule has 8 nitrogen and oxygen atoms in total. The van der Waals surface area contributed by atoms with Gasteiger partial charge < -0.3 is 25.2 Å². The molecule has 0 aliphatic carbocycles. The summed E-state index contributed by atoms with van der Waals surface area (Å²) in [5.74, 6) is -0.265. The lowest BCUT2D eigenvalue weighted by atomic mass is 10.0. The maximum Gasteiger partial charge on any atom is 0.303 e. The number of nitrogens with two attached hydrogens (primary N) is 1. The molecule has 0 bridgehead atoms. The molecule has 8 heteroatoms. The fraction of sp³-hybridized carbons (Fsp3) is 0.400. The largest absolute Gasteiger partial charge is 0.491 e. The summed E-state index contributed by atoms with van der Waals surface area (Å²) in [6, 6.07) is 15.0. The molecule has 0 radical (unpaired) electrons. The van der Waals surface area contributed by atoms with Gasteiger partial charge in [-0.2, -0.15) is 0 Å². The molecule has 3 atom stereocenters. The van der Waals surface area contributed by atoms with Crippen molar-refractivity contribution >= 4 is 17.7 Å². The highest BCUT2D eigenvalue weighted by Crippen LogP contribution is 2.30. The number of carbonyl (C=O) groups is 2. The zero-order chi connectivity index (χ0) is 23.4. The average Bonchev–Trinajstić information content (AvgIpc) is 3.48. The van der Waals surface area contributed by atoms with Crippen molar-refractivity contribution < 1.29 is 24.2 Å². The summed E-state index contributed by atoms with van der Waals surface area (Å²) < 4.78 is 11.6. The molecule has 2 aliphatic heterocycles. The Balaban J connectivity index is 1.39. The number of carbonyl (C=O) groups excluding carboxylic acids is 1. The number of carboxylic acid groups (broad SMARTS) is 1. The highest BCUT2D eigenvalue weighted by molar-refractivity contribution is 5.95. The number of aliphatic carboxylic acids is 1. The molecule has 1 unspecified atom stereocenters. The number of hydrogen-bond acceptors (Lipinski definition) is 5. The van der Waals surface area contributed by atoms with Crippen LogP contribution in [0.25, 0.3) is 11.1 Å². The van der Waals surface area contributed by atoms with E-state index in [1.54, 1.807) is 4.90 Å². The van der Waals surface area contributed by atoms with Crippen molar-refractivity contribution in [1.82, 2.24) is 4.90 Å². The lowest BCUT2D eigenvalue weighted by Crippen LogP contribution is -2.44. The van der Waals surface area contributed by atoms with Crippen LogP contribution in [0.5, 0.6) is 5.75 Å². The number of hydrogen-bond donors (Lipinski definition) is 3. The van der Waals surface area contributed by atoms with Gasteiger partial charge in [0, 0.05) is 25.1 Å². The summed E-state index contributed by atoms with van der Waals surface area (Å²) in [5, 5.41) is 16.7. The highest BCUT2D eigenvalue weighted by Gasteiger charge is 2.40. The minimum atomic E-state index is -0.849. The second kappa shape index (κ2) is 10.0. The fourth-order valence-corrected chi connectivity index (χ4v) is 4.57. The zero-order valence-electron chi connectivity index (χ0n) is 18.4. The molecule has 2 heterocycles. The molecule has 2 aromatic carbocycles. The Kier molecular flexibility index (Phi) is 6.93. The second-order valence-corrected chi connectivity index (χ2v) is 8.67. The van der Waals surface area contributed by atoms with E-state index in [4.69, 9.17) is 20.6 Å². The minimum Gasteiger partial charge on any atom is -0.491 e. The molecule has 2 aromatic rings. The van der Waals surface area contributed by atoms with Crippen molar-refractivity contribution in [2.24, 2.45) is 11.7 Å². The SMILES string of the molecule is N=C(N)c1ccc(-c2ccc(OC[C@@H]3C[C@@H](CC(=O)O)CN3C(=O)C3CCCO3)cc2)cc1. The van der Waals surface area contributed by atoms with E-state index in [0.717, 1.165) is 17.5 Å². The molecule has 0 aromatic heterocycles. The molecule has 0 saturated carbocycles. The predicted octanol–water partition coefficient (Wildman–Crippen LogP) is 2.89. The van der Waals surface area contributed by atoms with Gasteiger partial charge in [-0.15, -0.1) is 0 Å². The molecule has 2 fully saturated rings. The monoisotopic (exact) mass is 451 g/mol. The second-order valence-electron chi connectivity index (χ2n) is 8.67. The number of amidine groups is 1. The first-order valence-corrected chi connectivity index (χ1v) is 11.2. The maximum atomic E-state index is 12.9. The van der Waals surface area contributed by atoms with Crippen molar-refractivity contribution in [2.75, 3.05) is 19.8 Å². The van der Waals surface area contributed by atoms with Gasteiger partial charge in [-0.05, 0) is 48.4 Å². The Morgan fingerprint density at radius 3 is 2.36 bits per heavy atom. The lowest BCUT2D eigenvalue weighted by Gasteiger charge is -2.27. The average molecular weight is 452 g/mol. The van der Waals surface area contributed by atoms with E-state index >= 15 is 0 Å². The van der Waals surface area contributed by atoms with E-state index in [1.807, 2.05) is 48.5 Å². The van der Waals surface area contributed by atoms with E-state index in [0.29, 0.717) is 43.9 Å². The summed E-state index contributed by atoms with van der Waals surface area (Å²) in [5.41, 5.74) is 8.20. The molecule has 174 valence electrons. The molecule has 4 rings (SSSR count). The van der Waals surface area contributed by atoms with Gasteiger partial charge in [-0.1, -0.05) is 36.4 Å². The molecule has 2 saturated heterocycles. The Hall–Kier alpha value is -3.39. The summed E-state index contributed by atoms with van der Waals surface area (Å²) in [6.07, 6.45) is 1.80. The number of amides is 1. The summed E-state index contributed by atoms with van der Waals surface area (Å²) in [6.45, 7) is 1.32. The number of nitrogens with zero attached hydrogens (tertiary/aromatic N) is 1. The van der Waals surface area contributed by atoms with Crippen LogP contribution in [0.2, 0.25) is 0 Å². The summed E-state index contributed by atoms with van der Waals surface area (Å²) >= 11 is 0. The number of ether oxygens (including phenoxy) is 2. The van der Waals surface area contributed by atoms with Crippen LogP contribution in [0.3, 0.4) is 0 Å². The smallest absolute Gasteiger partial charge is 0.303 e. The van der Waals surface area contributed by atoms with Crippen LogP contribution in [0.1, 0.15) is 31.2 Å². The number of nitrogens with one attached hydrogen (secondary N) is 1. The van der Waals surface area contributed by atoms with E-state index < -0.39 is 12.1 Å². The predicted molar refractivity (Wildman–Crippen MR) is 123 cm³/mol. The number of benzene rings is 2. The molecule has 2 aliphatic rings. The van der Waals surface area contributed by atoms with Crippen LogP contribution in [0.4, 0.5) is 0 Å². The quantitative estimate of drug-likeness (QED) is 0.419. The van der Waals surface area contributed by atoms with Crippen molar-refractivity contribution in [3.8, 4) is 16.9 Å². The van der Waals surface area contributed by atoms with Crippen LogP contribution in [-0.4, -0.2) is 59.6 Å². The van der Waals surface area contributed by atoms with Crippen LogP contribution in [0, 0.1) is 11.3 Å². The summed E-state index contributed by atoms with van der Waals surface area (Å²) in [4.78, 5) is 25.9. The normalized spacial score (nSPS) is 22.3. The molecule has 0 spiro atoms. The van der Waals surface area contributed by atoms with Gasteiger partial charge >= 0.3 is 5.97 Å². The zero-order valence-corrected chi connectivity index (χ0v) is 18.4.